The van der Waals surface area contributed by atoms with Gasteiger partial charge in [0.2, 0.25) is 0 Å². The number of hydrogen-bond acceptors (Lipinski definition) is 1. The lowest BCUT2D eigenvalue weighted by molar-refractivity contribution is 0.502. The Balaban J connectivity index is 2.93. The van der Waals surface area contributed by atoms with Crippen molar-refractivity contribution in [3.63, 3.8) is 0 Å². The Morgan fingerprint density at radius 3 is 1.05 bits per heavy atom. The first-order valence-corrected chi connectivity index (χ1v) is 9.97. The summed E-state index contributed by atoms with van der Waals surface area (Å²) in [6.07, 6.45) is 22.9. The van der Waals surface area contributed by atoms with Gasteiger partial charge in [0, 0.05) is 0 Å². The Kier molecular flexibility index (Phi) is 18.0. The van der Waals surface area contributed by atoms with Crippen LogP contribution in [0.2, 0.25) is 0 Å². The van der Waals surface area contributed by atoms with Gasteiger partial charge in [0.15, 0.2) is 0 Å². The first kappa shape index (κ1) is 21.0. The molecule has 0 aliphatic heterocycles. The van der Waals surface area contributed by atoms with Gasteiger partial charge in [-0.25, -0.2) is 0 Å². The molecule has 1 nitrogen and oxygen atoms in total. The molecular formula is C20H43N. The van der Waals surface area contributed by atoms with E-state index in [9.17, 15) is 0 Å². The molecule has 0 unspecified atom stereocenters. The van der Waals surface area contributed by atoms with Crippen LogP contribution in [-0.4, -0.2) is 6.54 Å². The van der Waals surface area contributed by atoms with Gasteiger partial charge in [0.1, 0.15) is 0 Å². The Morgan fingerprint density at radius 2 is 0.762 bits per heavy atom. The molecule has 0 amide bonds. The topological polar surface area (TPSA) is 26.0 Å². The van der Waals surface area contributed by atoms with Crippen LogP contribution in [0.4, 0.5) is 0 Å². The second-order valence-electron chi connectivity index (χ2n) is 7.27. The molecule has 21 heavy (non-hydrogen) atoms. The van der Waals surface area contributed by atoms with E-state index in [4.69, 9.17) is 5.73 Å². The van der Waals surface area contributed by atoms with Gasteiger partial charge in [-0.1, -0.05) is 110 Å². The first-order valence-electron chi connectivity index (χ1n) is 9.97. The van der Waals surface area contributed by atoms with Crippen molar-refractivity contribution in [2.24, 2.45) is 11.7 Å². The average molecular weight is 298 g/mol. The Hall–Kier alpha value is -0.0400. The molecule has 0 heterocycles. The van der Waals surface area contributed by atoms with Crippen molar-refractivity contribution in [3.8, 4) is 0 Å². The minimum absolute atomic E-state index is 0.873. The van der Waals surface area contributed by atoms with Crippen molar-refractivity contribution < 1.29 is 0 Å². The molecule has 0 saturated carbocycles. The molecule has 1 heteroatoms. The fraction of sp³-hybridized carbons (Fsp3) is 1.00. The van der Waals surface area contributed by atoms with E-state index in [2.05, 4.69) is 13.8 Å². The molecule has 128 valence electrons. The minimum atomic E-state index is 0.873. The second-order valence-corrected chi connectivity index (χ2v) is 7.27. The summed E-state index contributed by atoms with van der Waals surface area (Å²) in [6, 6.07) is 0. The molecule has 0 aliphatic carbocycles. The van der Waals surface area contributed by atoms with Gasteiger partial charge in [-0.3, -0.25) is 0 Å². The summed E-state index contributed by atoms with van der Waals surface area (Å²) in [5.74, 6) is 0.894. The van der Waals surface area contributed by atoms with E-state index in [1.807, 2.05) is 0 Å². The number of rotatable bonds is 17. The standard InChI is InChI=1S/C20H43N/c1-20(2)18-16-14-12-10-8-6-4-3-5-7-9-11-13-15-17-19-21/h20H,3-19,21H2,1-2H3. The molecule has 0 aromatic rings. The van der Waals surface area contributed by atoms with Crippen LogP contribution in [0.1, 0.15) is 117 Å². The van der Waals surface area contributed by atoms with Crippen molar-refractivity contribution in [2.75, 3.05) is 6.54 Å². The highest BCUT2D eigenvalue weighted by Crippen LogP contribution is 2.14. The number of hydrogen-bond donors (Lipinski definition) is 1. The maximum Gasteiger partial charge on any atom is -0.00773 e. The predicted octanol–water partition coefficient (Wildman–Crippen LogP) is 6.84. The molecular weight excluding hydrogens is 254 g/mol. The lowest BCUT2D eigenvalue weighted by atomic mass is 10.0. The lowest BCUT2D eigenvalue weighted by Crippen LogP contribution is -1.97. The lowest BCUT2D eigenvalue weighted by Gasteiger charge is -2.05. The summed E-state index contributed by atoms with van der Waals surface area (Å²) in [6.45, 7) is 5.54. The van der Waals surface area contributed by atoms with Crippen LogP contribution >= 0.6 is 0 Å². The molecule has 0 rings (SSSR count). The minimum Gasteiger partial charge on any atom is -0.330 e. The van der Waals surface area contributed by atoms with Crippen molar-refractivity contribution >= 4 is 0 Å². The molecule has 0 fully saturated rings. The third-order valence-corrected chi connectivity index (χ3v) is 4.49. The fourth-order valence-corrected chi connectivity index (χ4v) is 3.00. The molecule has 0 aromatic carbocycles. The summed E-state index contributed by atoms with van der Waals surface area (Å²) in [5.41, 5.74) is 5.49. The number of nitrogens with two attached hydrogens (primary N) is 1. The molecule has 0 radical (unpaired) electrons. The summed E-state index contributed by atoms with van der Waals surface area (Å²) in [7, 11) is 0. The molecule has 0 bridgehead atoms. The Labute approximate surface area is 135 Å². The largest absolute Gasteiger partial charge is 0.330 e. The van der Waals surface area contributed by atoms with Crippen LogP contribution in [0.3, 0.4) is 0 Å². The van der Waals surface area contributed by atoms with Crippen LogP contribution in [0, 0.1) is 5.92 Å². The molecule has 0 saturated heterocycles. The molecule has 0 spiro atoms. The monoisotopic (exact) mass is 297 g/mol. The number of unbranched alkanes of at least 4 members (excludes halogenated alkanes) is 14. The van der Waals surface area contributed by atoms with E-state index in [0.717, 1.165) is 12.5 Å². The summed E-state index contributed by atoms with van der Waals surface area (Å²) < 4.78 is 0. The van der Waals surface area contributed by atoms with E-state index >= 15 is 0 Å². The van der Waals surface area contributed by atoms with Crippen molar-refractivity contribution in [1.29, 1.82) is 0 Å². The van der Waals surface area contributed by atoms with Gasteiger partial charge in [-0.2, -0.15) is 0 Å². The molecule has 0 aliphatic rings. The zero-order valence-electron chi connectivity index (χ0n) is 15.2. The van der Waals surface area contributed by atoms with Crippen LogP contribution < -0.4 is 5.73 Å². The first-order chi connectivity index (χ1) is 10.3. The maximum absolute atomic E-state index is 5.49. The van der Waals surface area contributed by atoms with E-state index in [1.165, 1.54) is 103 Å². The highest BCUT2D eigenvalue weighted by atomic mass is 14.5. The van der Waals surface area contributed by atoms with Crippen LogP contribution in [0.25, 0.3) is 0 Å². The molecule has 0 atom stereocenters. The smallest absolute Gasteiger partial charge is 0.00773 e. The van der Waals surface area contributed by atoms with Gasteiger partial charge < -0.3 is 5.73 Å². The zero-order chi connectivity index (χ0) is 15.6. The van der Waals surface area contributed by atoms with Gasteiger partial charge in [0.25, 0.3) is 0 Å². The highest BCUT2D eigenvalue weighted by Gasteiger charge is 1.96. The summed E-state index contributed by atoms with van der Waals surface area (Å²) in [5, 5.41) is 0. The van der Waals surface area contributed by atoms with E-state index in [1.54, 1.807) is 0 Å². The average Bonchev–Trinajstić information content (AvgIpc) is 2.46. The van der Waals surface area contributed by atoms with Crippen LogP contribution in [0.15, 0.2) is 0 Å². The molecule has 0 aromatic heterocycles. The quantitative estimate of drug-likeness (QED) is 0.292. The zero-order valence-corrected chi connectivity index (χ0v) is 15.2. The van der Waals surface area contributed by atoms with Crippen LogP contribution in [0.5, 0.6) is 0 Å². The Bertz CT molecular complexity index is 177. The summed E-state index contributed by atoms with van der Waals surface area (Å²) >= 11 is 0. The normalized spacial score (nSPS) is 11.4. The van der Waals surface area contributed by atoms with Crippen molar-refractivity contribution in [3.05, 3.63) is 0 Å². The van der Waals surface area contributed by atoms with E-state index in [0.29, 0.717) is 0 Å². The van der Waals surface area contributed by atoms with Crippen LogP contribution in [-0.2, 0) is 0 Å². The Morgan fingerprint density at radius 1 is 0.476 bits per heavy atom. The predicted molar refractivity (Wildman–Crippen MR) is 97.8 cm³/mol. The second kappa shape index (κ2) is 18.0. The SMILES string of the molecule is CC(C)CCCCCCCCCCCCCCCCCN. The molecule has 2 N–H and O–H groups in total. The fourth-order valence-electron chi connectivity index (χ4n) is 3.00. The van der Waals surface area contributed by atoms with Crippen molar-refractivity contribution in [2.45, 2.75) is 117 Å². The van der Waals surface area contributed by atoms with E-state index < -0.39 is 0 Å². The third-order valence-electron chi connectivity index (χ3n) is 4.49. The van der Waals surface area contributed by atoms with Crippen molar-refractivity contribution in [1.82, 2.24) is 0 Å². The van der Waals surface area contributed by atoms with Gasteiger partial charge in [0.05, 0.1) is 0 Å². The summed E-state index contributed by atoms with van der Waals surface area (Å²) in [4.78, 5) is 0. The van der Waals surface area contributed by atoms with E-state index in [-0.39, 0.29) is 0 Å². The highest BCUT2D eigenvalue weighted by molar-refractivity contribution is 4.51. The maximum atomic E-state index is 5.49. The van der Waals surface area contributed by atoms with Gasteiger partial charge in [-0.15, -0.1) is 0 Å². The van der Waals surface area contributed by atoms with Gasteiger partial charge in [-0.05, 0) is 18.9 Å². The van der Waals surface area contributed by atoms with Gasteiger partial charge >= 0.3 is 0 Å². The third kappa shape index (κ3) is 20.0.